The SMILES string of the molecule is CCc1cc2ccccc2c2nc(-c3ccccc3C)c(N)n12. The van der Waals surface area contributed by atoms with Crippen LogP contribution in [-0.4, -0.2) is 9.38 Å². The number of imidazole rings is 1. The van der Waals surface area contributed by atoms with Gasteiger partial charge in [0.25, 0.3) is 0 Å². The Morgan fingerprint density at radius 3 is 2.57 bits per heavy atom. The van der Waals surface area contributed by atoms with Crippen molar-refractivity contribution in [3.8, 4) is 11.3 Å². The molecular formula is C20H19N3. The molecule has 2 heterocycles. The summed E-state index contributed by atoms with van der Waals surface area (Å²) in [6, 6.07) is 18.8. The molecule has 0 saturated carbocycles. The fourth-order valence-electron chi connectivity index (χ4n) is 3.27. The molecule has 0 unspecified atom stereocenters. The van der Waals surface area contributed by atoms with Crippen molar-refractivity contribution in [1.29, 1.82) is 0 Å². The van der Waals surface area contributed by atoms with E-state index in [4.69, 9.17) is 10.7 Å². The molecule has 2 N–H and O–H groups in total. The Hall–Kier alpha value is -2.81. The van der Waals surface area contributed by atoms with E-state index >= 15 is 0 Å². The number of rotatable bonds is 2. The normalized spacial score (nSPS) is 11.4. The highest BCUT2D eigenvalue weighted by Crippen LogP contribution is 2.33. The van der Waals surface area contributed by atoms with Crippen molar-refractivity contribution in [3.63, 3.8) is 0 Å². The highest BCUT2D eigenvalue weighted by Gasteiger charge is 2.17. The number of nitrogens with zero attached hydrogens (tertiary/aromatic N) is 2. The molecule has 0 atom stereocenters. The van der Waals surface area contributed by atoms with Gasteiger partial charge < -0.3 is 5.73 Å². The van der Waals surface area contributed by atoms with Gasteiger partial charge in [-0.05, 0) is 30.4 Å². The summed E-state index contributed by atoms with van der Waals surface area (Å²) in [6.45, 7) is 4.24. The van der Waals surface area contributed by atoms with Crippen LogP contribution in [0.1, 0.15) is 18.2 Å². The lowest BCUT2D eigenvalue weighted by Gasteiger charge is -2.08. The van der Waals surface area contributed by atoms with Crippen LogP contribution in [0, 0.1) is 6.92 Å². The molecule has 0 radical (unpaired) electrons. The second-order valence-corrected chi connectivity index (χ2v) is 5.90. The van der Waals surface area contributed by atoms with E-state index in [-0.39, 0.29) is 0 Å². The number of hydrogen-bond donors (Lipinski definition) is 1. The molecule has 2 aromatic heterocycles. The van der Waals surface area contributed by atoms with Gasteiger partial charge in [-0.15, -0.1) is 0 Å². The Kier molecular flexibility index (Phi) is 3.08. The molecular weight excluding hydrogens is 282 g/mol. The van der Waals surface area contributed by atoms with Crippen LogP contribution in [0.5, 0.6) is 0 Å². The minimum absolute atomic E-state index is 0.719. The quantitative estimate of drug-likeness (QED) is 0.587. The molecule has 114 valence electrons. The maximum absolute atomic E-state index is 6.51. The monoisotopic (exact) mass is 301 g/mol. The van der Waals surface area contributed by atoms with Crippen LogP contribution < -0.4 is 5.73 Å². The van der Waals surface area contributed by atoms with E-state index in [1.54, 1.807) is 0 Å². The Morgan fingerprint density at radius 2 is 1.78 bits per heavy atom. The van der Waals surface area contributed by atoms with Gasteiger partial charge in [-0.1, -0.05) is 55.5 Å². The molecule has 0 aliphatic rings. The first-order valence-corrected chi connectivity index (χ1v) is 7.95. The van der Waals surface area contributed by atoms with Gasteiger partial charge in [0.2, 0.25) is 0 Å². The minimum atomic E-state index is 0.719. The zero-order valence-corrected chi connectivity index (χ0v) is 13.4. The lowest BCUT2D eigenvalue weighted by atomic mass is 10.1. The van der Waals surface area contributed by atoms with E-state index in [9.17, 15) is 0 Å². The van der Waals surface area contributed by atoms with E-state index < -0.39 is 0 Å². The van der Waals surface area contributed by atoms with Gasteiger partial charge in [0, 0.05) is 16.6 Å². The van der Waals surface area contributed by atoms with Gasteiger partial charge in [-0.2, -0.15) is 0 Å². The Labute approximate surface area is 135 Å². The highest BCUT2D eigenvalue weighted by atomic mass is 15.1. The van der Waals surface area contributed by atoms with Crippen molar-refractivity contribution < 1.29 is 0 Å². The molecule has 0 saturated heterocycles. The predicted octanol–water partition coefficient (Wildman–Crippen LogP) is 4.61. The number of anilines is 1. The van der Waals surface area contributed by atoms with Crippen molar-refractivity contribution in [2.45, 2.75) is 20.3 Å². The lowest BCUT2D eigenvalue weighted by molar-refractivity contribution is 0.994. The second kappa shape index (κ2) is 5.13. The summed E-state index contributed by atoms with van der Waals surface area (Å²) in [7, 11) is 0. The Balaban J connectivity index is 2.15. The molecule has 3 heteroatoms. The summed E-state index contributed by atoms with van der Waals surface area (Å²) in [5.74, 6) is 0.719. The third-order valence-corrected chi connectivity index (χ3v) is 4.49. The van der Waals surface area contributed by atoms with Gasteiger partial charge in [-0.25, -0.2) is 4.98 Å². The number of nitrogen functional groups attached to an aromatic ring is 1. The molecule has 0 amide bonds. The summed E-state index contributed by atoms with van der Waals surface area (Å²) >= 11 is 0. The van der Waals surface area contributed by atoms with Crippen molar-refractivity contribution in [2.75, 3.05) is 5.73 Å². The molecule has 23 heavy (non-hydrogen) atoms. The average Bonchev–Trinajstić information content (AvgIpc) is 2.92. The number of pyridine rings is 1. The van der Waals surface area contributed by atoms with Crippen LogP contribution >= 0.6 is 0 Å². The van der Waals surface area contributed by atoms with E-state index in [0.717, 1.165) is 34.5 Å². The third-order valence-electron chi connectivity index (χ3n) is 4.49. The number of aromatic nitrogens is 2. The third kappa shape index (κ3) is 2.00. The van der Waals surface area contributed by atoms with Crippen molar-refractivity contribution in [1.82, 2.24) is 9.38 Å². The topological polar surface area (TPSA) is 43.3 Å². The standard InChI is InChI=1S/C20H19N3/c1-3-15-12-14-9-5-7-11-17(14)20-22-18(19(21)23(15)20)16-10-6-4-8-13(16)2/h4-12H,3,21H2,1-2H3. The fraction of sp³-hybridized carbons (Fsp3) is 0.150. The second-order valence-electron chi connectivity index (χ2n) is 5.90. The molecule has 0 aliphatic carbocycles. The van der Waals surface area contributed by atoms with Gasteiger partial charge >= 0.3 is 0 Å². The van der Waals surface area contributed by atoms with Crippen LogP contribution in [0.4, 0.5) is 5.82 Å². The van der Waals surface area contributed by atoms with Crippen LogP contribution in [-0.2, 0) is 6.42 Å². The summed E-state index contributed by atoms with van der Waals surface area (Å²) < 4.78 is 2.10. The summed E-state index contributed by atoms with van der Waals surface area (Å²) in [5.41, 5.74) is 11.8. The van der Waals surface area contributed by atoms with Crippen molar-refractivity contribution in [2.24, 2.45) is 0 Å². The molecule has 3 nitrogen and oxygen atoms in total. The molecule has 0 spiro atoms. The van der Waals surface area contributed by atoms with Crippen LogP contribution in [0.15, 0.2) is 54.6 Å². The Morgan fingerprint density at radius 1 is 1.04 bits per heavy atom. The van der Waals surface area contributed by atoms with Crippen molar-refractivity contribution >= 4 is 22.2 Å². The first kappa shape index (κ1) is 13.8. The number of aryl methyl sites for hydroxylation is 2. The number of benzene rings is 2. The largest absolute Gasteiger partial charge is 0.383 e. The van der Waals surface area contributed by atoms with E-state index in [2.05, 4.69) is 54.6 Å². The number of hydrogen-bond acceptors (Lipinski definition) is 2. The van der Waals surface area contributed by atoms with Gasteiger partial charge in [-0.3, -0.25) is 4.40 Å². The van der Waals surface area contributed by atoms with Gasteiger partial charge in [0.1, 0.15) is 17.2 Å². The van der Waals surface area contributed by atoms with Crippen molar-refractivity contribution in [3.05, 3.63) is 65.9 Å². The maximum Gasteiger partial charge on any atom is 0.147 e. The smallest absolute Gasteiger partial charge is 0.147 e. The minimum Gasteiger partial charge on any atom is -0.383 e. The molecule has 4 aromatic rings. The summed E-state index contributed by atoms with van der Waals surface area (Å²) in [4.78, 5) is 4.92. The first-order valence-electron chi connectivity index (χ1n) is 7.95. The van der Waals surface area contributed by atoms with Crippen LogP contribution in [0.25, 0.3) is 27.7 Å². The van der Waals surface area contributed by atoms with Crippen LogP contribution in [0.3, 0.4) is 0 Å². The summed E-state index contributed by atoms with van der Waals surface area (Å²) in [6.07, 6.45) is 0.912. The number of fused-ring (bicyclic) bond motifs is 3. The fourth-order valence-corrected chi connectivity index (χ4v) is 3.27. The zero-order chi connectivity index (χ0) is 16.0. The van der Waals surface area contributed by atoms with E-state index in [1.165, 1.54) is 16.6 Å². The lowest BCUT2D eigenvalue weighted by Crippen LogP contribution is -2.01. The van der Waals surface area contributed by atoms with E-state index in [1.807, 2.05) is 18.2 Å². The summed E-state index contributed by atoms with van der Waals surface area (Å²) in [5, 5.41) is 2.34. The first-order chi connectivity index (χ1) is 11.2. The molecule has 2 aromatic carbocycles. The van der Waals surface area contributed by atoms with Crippen LogP contribution in [0.2, 0.25) is 0 Å². The molecule has 0 bridgehead atoms. The Bertz CT molecular complexity index is 1030. The maximum atomic E-state index is 6.51. The van der Waals surface area contributed by atoms with Gasteiger partial charge in [0.05, 0.1) is 0 Å². The van der Waals surface area contributed by atoms with Gasteiger partial charge in [0.15, 0.2) is 0 Å². The number of nitrogens with two attached hydrogens (primary N) is 1. The predicted molar refractivity (Wildman–Crippen MR) is 96.7 cm³/mol. The highest BCUT2D eigenvalue weighted by molar-refractivity contribution is 5.97. The molecule has 0 fully saturated rings. The average molecular weight is 301 g/mol. The zero-order valence-electron chi connectivity index (χ0n) is 13.4. The molecule has 0 aliphatic heterocycles. The molecule has 4 rings (SSSR count). The van der Waals surface area contributed by atoms with E-state index in [0.29, 0.717) is 0 Å².